The standard InChI is InChI=1S/C15H19NO5/c1-2-6-12(17)9-13(14(18)19)16-15(20)21-10-11-7-4-3-5-8-11/h3-5,7-8,13H,2,6,9-10H2,1H3,(H,16,20)(H,18,19). The van der Waals surface area contributed by atoms with Gasteiger partial charge in [0.25, 0.3) is 0 Å². The van der Waals surface area contributed by atoms with Gasteiger partial charge in [-0.15, -0.1) is 0 Å². The lowest BCUT2D eigenvalue weighted by atomic mass is 10.1. The molecule has 6 nitrogen and oxygen atoms in total. The number of hydrogen-bond acceptors (Lipinski definition) is 4. The van der Waals surface area contributed by atoms with Crippen molar-refractivity contribution in [2.45, 2.75) is 38.8 Å². The van der Waals surface area contributed by atoms with Crippen LogP contribution in [-0.2, 0) is 20.9 Å². The first kappa shape index (κ1) is 16.7. The Kier molecular flexibility index (Phi) is 6.94. The number of rotatable bonds is 8. The molecule has 0 saturated carbocycles. The molecule has 114 valence electrons. The van der Waals surface area contributed by atoms with Crippen LogP contribution in [0, 0.1) is 0 Å². The molecular formula is C15H19NO5. The summed E-state index contributed by atoms with van der Waals surface area (Å²) in [6.07, 6.45) is -0.145. The molecular weight excluding hydrogens is 274 g/mol. The second kappa shape index (κ2) is 8.73. The fourth-order valence-electron chi connectivity index (χ4n) is 1.72. The third-order valence-corrected chi connectivity index (χ3v) is 2.76. The van der Waals surface area contributed by atoms with Crippen molar-refractivity contribution in [3.05, 3.63) is 35.9 Å². The highest BCUT2D eigenvalue weighted by molar-refractivity contribution is 5.88. The Morgan fingerprint density at radius 2 is 1.90 bits per heavy atom. The van der Waals surface area contributed by atoms with Gasteiger partial charge >= 0.3 is 12.1 Å². The highest BCUT2D eigenvalue weighted by Crippen LogP contribution is 2.03. The van der Waals surface area contributed by atoms with Crippen molar-refractivity contribution in [2.24, 2.45) is 0 Å². The van der Waals surface area contributed by atoms with Gasteiger partial charge < -0.3 is 15.2 Å². The van der Waals surface area contributed by atoms with E-state index in [4.69, 9.17) is 9.84 Å². The Morgan fingerprint density at radius 3 is 2.48 bits per heavy atom. The molecule has 0 spiro atoms. The Morgan fingerprint density at radius 1 is 1.24 bits per heavy atom. The number of hydrogen-bond donors (Lipinski definition) is 2. The van der Waals surface area contributed by atoms with Crippen molar-refractivity contribution >= 4 is 17.8 Å². The number of aliphatic carboxylic acids is 1. The van der Waals surface area contributed by atoms with Gasteiger partial charge in [0.05, 0.1) is 0 Å². The molecule has 0 aliphatic rings. The molecule has 0 radical (unpaired) electrons. The number of carbonyl (C=O) groups is 3. The van der Waals surface area contributed by atoms with E-state index in [1.807, 2.05) is 13.0 Å². The molecule has 0 fully saturated rings. The van der Waals surface area contributed by atoms with E-state index in [-0.39, 0.29) is 18.8 Å². The molecule has 0 heterocycles. The van der Waals surface area contributed by atoms with Crippen LogP contribution in [0.15, 0.2) is 30.3 Å². The third-order valence-electron chi connectivity index (χ3n) is 2.76. The van der Waals surface area contributed by atoms with Gasteiger partial charge in [-0.2, -0.15) is 0 Å². The highest BCUT2D eigenvalue weighted by Gasteiger charge is 2.23. The summed E-state index contributed by atoms with van der Waals surface area (Å²) in [4.78, 5) is 34.1. The van der Waals surface area contributed by atoms with Crippen LogP contribution in [0.2, 0.25) is 0 Å². The second-order valence-electron chi connectivity index (χ2n) is 4.59. The maximum atomic E-state index is 11.6. The van der Waals surface area contributed by atoms with Gasteiger partial charge in [-0.25, -0.2) is 9.59 Å². The maximum absolute atomic E-state index is 11.6. The molecule has 0 saturated heterocycles. The molecule has 2 N–H and O–H groups in total. The van der Waals surface area contributed by atoms with Crippen LogP contribution >= 0.6 is 0 Å². The SMILES string of the molecule is CCCC(=O)CC(NC(=O)OCc1ccccc1)C(=O)O. The lowest BCUT2D eigenvalue weighted by Crippen LogP contribution is -2.42. The van der Waals surface area contributed by atoms with E-state index in [1.54, 1.807) is 24.3 Å². The monoisotopic (exact) mass is 293 g/mol. The number of amides is 1. The summed E-state index contributed by atoms with van der Waals surface area (Å²) >= 11 is 0. The fourth-order valence-corrected chi connectivity index (χ4v) is 1.72. The lowest BCUT2D eigenvalue weighted by molar-refractivity contribution is -0.141. The van der Waals surface area contributed by atoms with Gasteiger partial charge in [0, 0.05) is 12.8 Å². The maximum Gasteiger partial charge on any atom is 0.408 e. The first-order chi connectivity index (χ1) is 10.0. The molecule has 0 bridgehead atoms. The number of carboxylic acids is 1. The number of nitrogens with one attached hydrogen (secondary N) is 1. The van der Waals surface area contributed by atoms with Crippen LogP contribution in [0.25, 0.3) is 0 Å². The summed E-state index contributed by atoms with van der Waals surface area (Å²) in [5.74, 6) is -1.45. The van der Waals surface area contributed by atoms with Crippen molar-refractivity contribution in [1.29, 1.82) is 0 Å². The topological polar surface area (TPSA) is 92.7 Å². The average Bonchev–Trinajstić information content (AvgIpc) is 2.45. The molecule has 1 amide bonds. The Labute approximate surface area is 123 Å². The zero-order chi connectivity index (χ0) is 15.7. The normalized spacial score (nSPS) is 11.5. The summed E-state index contributed by atoms with van der Waals surface area (Å²) < 4.78 is 4.93. The smallest absolute Gasteiger partial charge is 0.408 e. The summed E-state index contributed by atoms with van der Waals surface area (Å²) in [6.45, 7) is 1.87. The van der Waals surface area contributed by atoms with Crippen LogP contribution in [0.3, 0.4) is 0 Å². The van der Waals surface area contributed by atoms with Crippen molar-refractivity contribution in [3.63, 3.8) is 0 Å². The molecule has 1 rings (SSSR count). The van der Waals surface area contributed by atoms with E-state index >= 15 is 0 Å². The zero-order valence-corrected chi connectivity index (χ0v) is 11.9. The lowest BCUT2D eigenvalue weighted by Gasteiger charge is -2.13. The van der Waals surface area contributed by atoms with Crippen LogP contribution < -0.4 is 5.32 Å². The Bertz CT molecular complexity index is 486. The molecule has 0 aromatic heterocycles. The van der Waals surface area contributed by atoms with Crippen LogP contribution in [0.4, 0.5) is 4.79 Å². The molecule has 1 aromatic carbocycles. The van der Waals surface area contributed by atoms with Gasteiger partial charge in [-0.05, 0) is 12.0 Å². The number of Topliss-reactive ketones (excluding diaryl/α,β-unsaturated/α-hetero) is 1. The summed E-state index contributed by atoms with van der Waals surface area (Å²) in [5.41, 5.74) is 0.793. The molecule has 21 heavy (non-hydrogen) atoms. The molecule has 0 aliphatic heterocycles. The van der Waals surface area contributed by atoms with Gasteiger partial charge in [0.15, 0.2) is 0 Å². The largest absolute Gasteiger partial charge is 0.480 e. The Hall–Kier alpha value is -2.37. The van der Waals surface area contributed by atoms with Gasteiger partial charge in [0.2, 0.25) is 0 Å². The minimum Gasteiger partial charge on any atom is -0.480 e. The van der Waals surface area contributed by atoms with E-state index in [0.29, 0.717) is 12.8 Å². The first-order valence-electron chi connectivity index (χ1n) is 6.74. The summed E-state index contributed by atoms with van der Waals surface area (Å²) in [6, 6.07) is 7.76. The summed E-state index contributed by atoms with van der Waals surface area (Å²) in [5, 5.41) is 11.2. The zero-order valence-electron chi connectivity index (χ0n) is 11.9. The Balaban J connectivity index is 2.45. The van der Waals surface area contributed by atoms with Crippen molar-refractivity contribution in [1.82, 2.24) is 5.32 Å². The van der Waals surface area contributed by atoms with Gasteiger partial charge in [0.1, 0.15) is 18.4 Å². The number of alkyl carbamates (subject to hydrolysis) is 1. The number of carbonyl (C=O) groups excluding carboxylic acids is 2. The molecule has 0 aliphatic carbocycles. The number of ketones is 1. The van der Waals surface area contributed by atoms with E-state index < -0.39 is 18.1 Å². The van der Waals surface area contributed by atoms with Crippen LogP contribution in [0.5, 0.6) is 0 Å². The highest BCUT2D eigenvalue weighted by atomic mass is 16.5. The molecule has 1 unspecified atom stereocenters. The number of ether oxygens (including phenoxy) is 1. The van der Waals surface area contributed by atoms with Crippen LogP contribution in [-0.4, -0.2) is 29.0 Å². The minimum absolute atomic E-state index is 0.0436. The van der Waals surface area contributed by atoms with Crippen molar-refractivity contribution in [3.8, 4) is 0 Å². The fraction of sp³-hybridized carbons (Fsp3) is 0.400. The quantitative estimate of drug-likeness (QED) is 0.766. The predicted molar refractivity (Wildman–Crippen MR) is 75.7 cm³/mol. The predicted octanol–water partition coefficient (Wildman–Crippen LogP) is 2.13. The van der Waals surface area contributed by atoms with E-state index in [1.165, 1.54) is 0 Å². The van der Waals surface area contributed by atoms with Crippen LogP contribution in [0.1, 0.15) is 31.7 Å². The number of carboxylic acid groups (broad SMARTS) is 1. The minimum atomic E-state index is -1.26. The molecule has 1 aromatic rings. The van der Waals surface area contributed by atoms with Gasteiger partial charge in [-0.1, -0.05) is 37.3 Å². The second-order valence-corrected chi connectivity index (χ2v) is 4.59. The summed E-state index contributed by atoms with van der Waals surface area (Å²) in [7, 11) is 0. The molecule has 1 atom stereocenters. The number of benzene rings is 1. The van der Waals surface area contributed by atoms with Crippen molar-refractivity contribution < 1.29 is 24.2 Å². The van der Waals surface area contributed by atoms with E-state index in [9.17, 15) is 14.4 Å². The van der Waals surface area contributed by atoms with Gasteiger partial charge in [-0.3, -0.25) is 4.79 Å². The molecule has 6 heteroatoms. The van der Waals surface area contributed by atoms with Crippen molar-refractivity contribution in [2.75, 3.05) is 0 Å². The first-order valence-corrected chi connectivity index (χ1v) is 6.74. The van der Waals surface area contributed by atoms with E-state index in [2.05, 4.69) is 5.32 Å². The van der Waals surface area contributed by atoms with E-state index in [0.717, 1.165) is 5.56 Å². The average molecular weight is 293 g/mol. The third kappa shape index (κ3) is 6.56.